The molecule has 0 saturated carbocycles. The Bertz CT molecular complexity index is 1400. The average molecular weight is 829 g/mol. The summed E-state index contributed by atoms with van der Waals surface area (Å²) in [5, 5.41) is 0. The molecule has 58 heavy (non-hydrogen) atoms. The summed E-state index contributed by atoms with van der Waals surface area (Å²) in [7, 11) is 0. The molecule has 0 bridgehead atoms. The van der Waals surface area contributed by atoms with E-state index in [9.17, 15) is 38.4 Å². The van der Waals surface area contributed by atoms with Gasteiger partial charge >= 0.3 is 47.8 Å². The van der Waals surface area contributed by atoms with Crippen LogP contribution in [0.25, 0.3) is 0 Å². The highest BCUT2D eigenvalue weighted by molar-refractivity contribution is 5.90. The zero-order chi connectivity index (χ0) is 45.5. The number of hydrogen-bond donors (Lipinski definition) is 0. The second-order valence-corrected chi connectivity index (χ2v) is 19.0. The second-order valence-electron chi connectivity index (χ2n) is 19.0. The molecule has 0 amide bonds. The Morgan fingerprint density at radius 1 is 0.379 bits per heavy atom. The molecule has 16 nitrogen and oxygen atoms in total. The number of hydrogen-bond acceptors (Lipinski definition) is 16. The number of carbonyl (C=O) groups excluding carboxylic acids is 8. The third-order valence-electron chi connectivity index (χ3n) is 10.0. The summed E-state index contributed by atoms with van der Waals surface area (Å²) >= 11 is 0. The largest absolute Gasteiger partial charge is 0.448 e. The molecule has 0 spiro atoms. The minimum atomic E-state index is -0.807. The lowest BCUT2D eigenvalue weighted by Gasteiger charge is -2.40. The first kappa shape index (κ1) is 51.8. The van der Waals surface area contributed by atoms with Gasteiger partial charge in [0.2, 0.25) is 36.6 Å². The number of ether oxygens (including phenoxy) is 8. The summed E-state index contributed by atoms with van der Waals surface area (Å²) in [5.41, 5.74) is -1.66. The SMILES string of the molecule is CC(C)(C)C1OC(=O)C(C(C)(C)C)OC1=O.CC(C)C1OC(=O)C(C(C)C)OC1=O.CC1OC(=O)C(C)OC1=O.CCC(C)(C)C1OC(=O)C(C(C)(C)CC)OC1=O. The van der Waals surface area contributed by atoms with E-state index in [1.165, 1.54) is 13.8 Å². The van der Waals surface area contributed by atoms with Crippen LogP contribution in [0.3, 0.4) is 0 Å². The molecular formula is C42H68O16. The van der Waals surface area contributed by atoms with Gasteiger partial charge in [0.15, 0.2) is 12.2 Å². The van der Waals surface area contributed by atoms with Gasteiger partial charge in [-0.2, -0.15) is 0 Å². The fourth-order valence-corrected chi connectivity index (χ4v) is 5.23. The predicted octanol–water partition coefficient (Wildman–Crippen LogP) is 5.61. The molecule has 0 aromatic carbocycles. The second kappa shape index (κ2) is 20.1. The molecule has 4 heterocycles. The first-order chi connectivity index (χ1) is 26.2. The standard InChI is InChI=1S/C14H24O4.C12H20O4.C10H16O4.C6H8O4/c1-7-13(3,4)9-11(15)18-10(12(16)17-9)14(5,6)8-2;1-11(2,3)7-9(13)16-8(10(14)15-7)12(4,5)6;1-5(2)7-9(11)14-8(6(3)4)10(12)13-7;1-3-5(7)10-4(2)6(8)9-3/h9-10H,7-8H2,1-6H3;7-8H,1-6H3;5-8H,1-4H3;3-4H,1-2H3. The van der Waals surface area contributed by atoms with E-state index in [-0.39, 0.29) is 11.8 Å². The van der Waals surface area contributed by atoms with Crippen molar-refractivity contribution in [2.75, 3.05) is 0 Å². The van der Waals surface area contributed by atoms with Crippen molar-refractivity contribution in [3.63, 3.8) is 0 Å². The summed E-state index contributed by atoms with van der Waals surface area (Å²) < 4.78 is 40.3. The lowest BCUT2D eigenvalue weighted by molar-refractivity contribution is -0.212. The van der Waals surface area contributed by atoms with E-state index in [1.54, 1.807) is 0 Å². The minimum Gasteiger partial charge on any atom is -0.448 e. The average Bonchev–Trinajstić information content (AvgIpc) is 3.09. The molecule has 332 valence electrons. The summed E-state index contributed by atoms with van der Waals surface area (Å²) in [4.78, 5) is 91.6. The Morgan fingerprint density at radius 2 is 0.621 bits per heavy atom. The van der Waals surface area contributed by atoms with Crippen LogP contribution in [0, 0.1) is 33.5 Å². The zero-order valence-corrected chi connectivity index (χ0v) is 37.7. The lowest BCUT2D eigenvalue weighted by atomic mass is 9.80. The number of rotatable bonds is 6. The van der Waals surface area contributed by atoms with Crippen LogP contribution >= 0.6 is 0 Å². The van der Waals surface area contributed by atoms with Gasteiger partial charge in [-0.05, 0) is 26.7 Å². The first-order valence-electron chi connectivity index (χ1n) is 19.9. The summed E-state index contributed by atoms with van der Waals surface area (Å²) in [6.07, 6.45) is -4.69. The van der Waals surface area contributed by atoms with Gasteiger partial charge in [0, 0.05) is 33.5 Å². The van der Waals surface area contributed by atoms with E-state index in [2.05, 4.69) is 9.47 Å². The molecule has 8 unspecified atom stereocenters. The summed E-state index contributed by atoms with van der Waals surface area (Å²) in [6, 6.07) is 0. The minimum absolute atomic E-state index is 0.0421. The van der Waals surface area contributed by atoms with E-state index in [4.69, 9.17) is 28.4 Å². The molecule has 0 radical (unpaired) electrons. The molecule has 16 heteroatoms. The van der Waals surface area contributed by atoms with Crippen LogP contribution in [0.4, 0.5) is 0 Å². The predicted molar refractivity (Wildman–Crippen MR) is 207 cm³/mol. The molecular weight excluding hydrogens is 760 g/mol. The van der Waals surface area contributed by atoms with Crippen LogP contribution in [0.1, 0.15) is 137 Å². The van der Waals surface area contributed by atoms with E-state index < -0.39 is 118 Å². The first-order valence-corrected chi connectivity index (χ1v) is 19.9. The van der Waals surface area contributed by atoms with Gasteiger partial charge in [0.25, 0.3) is 0 Å². The molecule has 4 aliphatic heterocycles. The molecule has 8 atom stereocenters. The molecule has 4 fully saturated rings. The topological polar surface area (TPSA) is 210 Å². The van der Waals surface area contributed by atoms with Crippen molar-refractivity contribution in [2.24, 2.45) is 33.5 Å². The van der Waals surface area contributed by atoms with E-state index in [0.717, 1.165) is 12.8 Å². The zero-order valence-electron chi connectivity index (χ0n) is 37.7. The van der Waals surface area contributed by atoms with Gasteiger partial charge in [0.1, 0.15) is 0 Å². The van der Waals surface area contributed by atoms with Gasteiger partial charge in [-0.25, -0.2) is 38.4 Å². The summed E-state index contributed by atoms with van der Waals surface area (Å²) in [5.74, 6) is -3.66. The monoisotopic (exact) mass is 828 g/mol. The van der Waals surface area contributed by atoms with E-state index in [0.29, 0.717) is 0 Å². The van der Waals surface area contributed by atoms with Crippen molar-refractivity contribution >= 4 is 47.8 Å². The van der Waals surface area contributed by atoms with Crippen molar-refractivity contribution in [3.05, 3.63) is 0 Å². The highest BCUT2D eigenvalue weighted by Crippen LogP contribution is 2.37. The van der Waals surface area contributed by atoms with Gasteiger partial charge in [0.05, 0.1) is 0 Å². The molecule has 0 aliphatic carbocycles. The smallest absolute Gasteiger partial charge is 0.348 e. The Kier molecular flexibility index (Phi) is 18.0. The Morgan fingerprint density at radius 3 is 0.845 bits per heavy atom. The van der Waals surface area contributed by atoms with E-state index >= 15 is 0 Å². The Balaban J connectivity index is 0.000000394. The highest BCUT2D eigenvalue weighted by atomic mass is 16.7. The fourth-order valence-electron chi connectivity index (χ4n) is 5.23. The maximum Gasteiger partial charge on any atom is 0.348 e. The molecule has 4 saturated heterocycles. The van der Waals surface area contributed by atoms with Gasteiger partial charge in [-0.3, -0.25) is 0 Å². The van der Waals surface area contributed by atoms with Crippen LogP contribution in [-0.2, 0) is 76.3 Å². The van der Waals surface area contributed by atoms with Crippen LogP contribution in [0.15, 0.2) is 0 Å². The van der Waals surface area contributed by atoms with Crippen LogP contribution in [-0.4, -0.2) is 96.6 Å². The highest BCUT2D eigenvalue weighted by Gasteiger charge is 2.51. The van der Waals surface area contributed by atoms with Gasteiger partial charge < -0.3 is 37.9 Å². The number of cyclic esters (lactones) is 8. The van der Waals surface area contributed by atoms with Gasteiger partial charge in [-0.15, -0.1) is 0 Å². The Labute approximate surface area is 343 Å². The number of esters is 8. The van der Waals surface area contributed by atoms with Crippen LogP contribution in [0.5, 0.6) is 0 Å². The molecule has 4 aliphatic rings. The molecule has 4 rings (SSSR count). The fraction of sp³-hybridized carbons (Fsp3) is 0.810. The third-order valence-corrected chi connectivity index (χ3v) is 10.0. The molecule has 0 N–H and O–H groups in total. The number of carbonyl (C=O) groups is 8. The van der Waals surface area contributed by atoms with Crippen LogP contribution < -0.4 is 0 Å². The quantitative estimate of drug-likeness (QED) is 0.235. The maximum atomic E-state index is 12.0. The molecule has 0 aromatic rings. The lowest BCUT2D eigenvalue weighted by Crippen LogP contribution is -2.54. The van der Waals surface area contributed by atoms with Gasteiger partial charge in [-0.1, -0.05) is 111 Å². The summed E-state index contributed by atoms with van der Waals surface area (Å²) in [6.45, 7) is 32.8. The van der Waals surface area contributed by atoms with E-state index in [1.807, 2.05) is 111 Å². The van der Waals surface area contributed by atoms with Crippen molar-refractivity contribution in [1.29, 1.82) is 0 Å². The maximum absolute atomic E-state index is 12.0. The molecule has 0 aromatic heterocycles. The van der Waals surface area contributed by atoms with Crippen LogP contribution in [0.2, 0.25) is 0 Å². The van der Waals surface area contributed by atoms with Crippen molar-refractivity contribution in [1.82, 2.24) is 0 Å². The van der Waals surface area contributed by atoms with Crippen molar-refractivity contribution in [2.45, 2.75) is 186 Å². The third kappa shape index (κ3) is 14.0. The Hall–Kier alpha value is -4.24. The van der Waals surface area contributed by atoms with Crippen molar-refractivity contribution < 1.29 is 76.3 Å². The van der Waals surface area contributed by atoms with Crippen molar-refractivity contribution in [3.8, 4) is 0 Å². The normalized spacial score (nSPS) is 27.9.